The number of ether oxygens (including phenoxy) is 3. The highest BCUT2D eigenvalue weighted by Crippen LogP contribution is 2.47. The van der Waals surface area contributed by atoms with Gasteiger partial charge in [-0.1, -0.05) is 0 Å². The summed E-state index contributed by atoms with van der Waals surface area (Å²) in [6, 6.07) is 4.78. The molecule has 30 heavy (non-hydrogen) atoms. The molecular formula is C20H29N3O6S. The highest BCUT2D eigenvalue weighted by Gasteiger charge is 2.44. The minimum Gasteiger partial charge on any atom is -0.448 e. The third kappa shape index (κ3) is 4.65. The van der Waals surface area contributed by atoms with E-state index in [4.69, 9.17) is 14.2 Å². The van der Waals surface area contributed by atoms with Crippen molar-refractivity contribution >= 4 is 21.7 Å². The first-order chi connectivity index (χ1) is 14.2. The number of fused-ring (bicyclic) bond motifs is 1. The van der Waals surface area contributed by atoms with Gasteiger partial charge in [0.25, 0.3) is 5.79 Å². The van der Waals surface area contributed by atoms with Crippen LogP contribution < -0.4 is 20.1 Å². The summed E-state index contributed by atoms with van der Waals surface area (Å²) in [4.78, 5) is 12.2. The average Bonchev–Trinajstić information content (AvgIpc) is 3.26. The zero-order chi connectivity index (χ0) is 21.4. The van der Waals surface area contributed by atoms with E-state index in [0.29, 0.717) is 30.3 Å². The SMILES string of the molecule is CC1CN(S(=O)(=O)CCNC(=O)Nc2ccc3c(c2)OC2(CCCC2)O3)CC(C)O1. The predicted molar refractivity (Wildman–Crippen MR) is 111 cm³/mol. The topological polar surface area (TPSA) is 106 Å². The van der Waals surface area contributed by atoms with E-state index in [-0.39, 0.29) is 24.5 Å². The second-order valence-electron chi connectivity index (χ2n) is 8.25. The minimum atomic E-state index is -3.46. The number of urea groups is 1. The van der Waals surface area contributed by atoms with Crippen molar-refractivity contribution < 1.29 is 27.4 Å². The third-order valence-electron chi connectivity index (χ3n) is 5.58. The molecule has 1 aromatic carbocycles. The number of carbonyl (C=O) groups is 1. The van der Waals surface area contributed by atoms with Crippen LogP contribution in [-0.2, 0) is 14.8 Å². The van der Waals surface area contributed by atoms with Crippen molar-refractivity contribution in [2.75, 3.05) is 30.7 Å². The molecule has 0 bridgehead atoms. The fourth-order valence-corrected chi connectivity index (χ4v) is 5.74. The van der Waals surface area contributed by atoms with Gasteiger partial charge in [-0.3, -0.25) is 0 Å². The maximum absolute atomic E-state index is 12.5. The number of benzene rings is 1. The fourth-order valence-electron chi connectivity index (χ4n) is 4.25. The first kappa shape index (κ1) is 21.2. The molecule has 9 nitrogen and oxygen atoms in total. The first-order valence-corrected chi connectivity index (χ1v) is 12.1. The molecule has 2 fully saturated rings. The maximum Gasteiger partial charge on any atom is 0.319 e. The molecule has 1 spiro atoms. The van der Waals surface area contributed by atoms with Crippen LogP contribution >= 0.6 is 0 Å². The van der Waals surface area contributed by atoms with Crippen LogP contribution in [0, 0.1) is 0 Å². The molecule has 2 heterocycles. The Morgan fingerprint density at radius 2 is 1.80 bits per heavy atom. The second-order valence-corrected chi connectivity index (χ2v) is 10.3. The Bertz CT molecular complexity index is 890. The number of nitrogens with zero attached hydrogens (tertiary/aromatic N) is 1. The minimum absolute atomic E-state index is 0.0158. The summed E-state index contributed by atoms with van der Waals surface area (Å²) in [6.07, 6.45) is 3.59. The van der Waals surface area contributed by atoms with Crippen LogP contribution in [0.5, 0.6) is 11.5 Å². The third-order valence-corrected chi connectivity index (χ3v) is 7.39. The van der Waals surface area contributed by atoms with Crippen LogP contribution in [0.25, 0.3) is 0 Å². The van der Waals surface area contributed by atoms with Crippen LogP contribution in [-0.4, -0.2) is 62.1 Å². The Kier molecular flexibility index (Phi) is 5.82. The molecule has 2 aliphatic heterocycles. The largest absolute Gasteiger partial charge is 0.448 e. The van der Waals surface area contributed by atoms with Crippen molar-refractivity contribution in [3.05, 3.63) is 18.2 Å². The number of morpholine rings is 1. The predicted octanol–water partition coefficient (Wildman–Crippen LogP) is 2.29. The summed E-state index contributed by atoms with van der Waals surface area (Å²) < 4.78 is 44.0. The number of sulfonamides is 1. The second kappa shape index (κ2) is 8.24. The van der Waals surface area contributed by atoms with Crippen molar-refractivity contribution in [3.63, 3.8) is 0 Å². The van der Waals surface area contributed by atoms with E-state index in [2.05, 4.69) is 10.6 Å². The molecule has 1 aromatic rings. The molecule has 10 heteroatoms. The zero-order valence-electron chi connectivity index (χ0n) is 17.3. The fraction of sp³-hybridized carbons (Fsp3) is 0.650. The number of carbonyl (C=O) groups excluding carboxylic acids is 1. The summed E-state index contributed by atoms with van der Waals surface area (Å²) in [6.45, 7) is 4.38. The number of amides is 2. The molecule has 0 radical (unpaired) electrons. The van der Waals surface area contributed by atoms with Gasteiger partial charge in [0, 0.05) is 44.2 Å². The summed E-state index contributed by atoms with van der Waals surface area (Å²) in [5, 5.41) is 5.32. The smallest absolute Gasteiger partial charge is 0.319 e. The van der Waals surface area contributed by atoms with Gasteiger partial charge >= 0.3 is 6.03 Å². The molecule has 2 amide bonds. The quantitative estimate of drug-likeness (QED) is 0.729. The van der Waals surface area contributed by atoms with E-state index in [9.17, 15) is 13.2 Å². The van der Waals surface area contributed by atoms with Crippen molar-refractivity contribution in [1.29, 1.82) is 0 Å². The van der Waals surface area contributed by atoms with E-state index >= 15 is 0 Å². The molecular weight excluding hydrogens is 410 g/mol. The lowest BCUT2D eigenvalue weighted by molar-refractivity contribution is -0.0716. The van der Waals surface area contributed by atoms with E-state index in [1.54, 1.807) is 18.2 Å². The molecule has 1 aliphatic carbocycles. The standard InChI is InChI=1S/C20H29N3O6S/c1-14-12-23(13-15(2)27-14)30(25,26)10-9-21-19(24)22-16-5-6-17-18(11-16)29-20(28-17)7-3-4-8-20/h5-6,11,14-15H,3-4,7-10,12-13H2,1-2H3,(H2,21,22,24). The van der Waals surface area contributed by atoms with Crippen LogP contribution in [0.4, 0.5) is 10.5 Å². The summed E-state index contributed by atoms with van der Waals surface area (Å²) >= 11 is 0. The van der Waals surface area contributed by atoms with Gasteiger partial charge in [0.15, 0.2) is 11.5 Å². The van der Waals surface area contributed by atoms with E-state index in [0.717, 1.165) is 25.7 Å². The molecule has 4 rings (SSSR count). The number of hydrogen-bond donors (Lipinski definition) is 2. The molecule has 2 atom stereocenters. The van der Waals surface area contributed by atoms with Gasteiger partial charge < -0.3 is 24.8 Å². The van der Waals surface area contributed by atoms with Crippen LogP contribution in [0.3, 0.4) is 0 Å². The lowest BCUT2D eigenvalue weighted by atomic mass is 10.2. The monoisotopic (exact) mass is 439 g/mol. The van der Waals surface area contributed by atoms with Crippen molar-refractivity contribution in [2.45, 2.75) is 57.5 Å². The number of nitrogens with one attached hydrogen (secondary N) is 2. The van der Waals surface area contributed by atoms with Crippen LogP contribution in [0.1, 0.15) is 39.5 Å². The van der Waals surface area contributed by atoms with Gasteiger partial charge in [0.05, 0.1) is 18.0 Å². The Balaban J connectivity index is 1.27. The lowest BCUT2D eigenvalue weighted by Gasteiger charge is -2.34. The summed E-state index contributed by atoms with van der Waals surface area (Å²) in [5.41, 5.74) is 0.559. The van der Waals surface area contributed by atoms with E-state index < -0.39 is 21.8 Å². The van der Waals surface area contributed by atoms with Gasteiger partial charge in [-0.25, -0.2) is 13.2 Å². The van der Waals surface area contributed by atoms with Gasteiger partial charge in [-0.2, -0.15) is 4.31 Å². The Labute approximate surface area is 177 Å². The van der Waals surface area contributed by atoms with E-state index in [1.165, 1.54) is 4.31 Å². The Morgan fingerprint density at radius 3 is 2.50 bits per heavy atom. The molecule has 2 unspecified atom stereocenters. The molecule has 2 N–H and O–H groups in total. The first-order valence-electron chi connectivity index (χ1n) is 10.4. The molecule has 1 saturated heterocycles. The Hall–Kier alpha value is -2.04. The van der Waals surface area contributed by atoms with Crippen LogP contribution in [0.15, 0.2) is 18.2 Å². The van der Waals surface area contributed by atoms with Gasteiger partial charge in [-0.15, -0.1) is 0 Å². The number of hydrogen-bond acceptors (Lipinski definition) is 6. The number of anilines is 1. The van der Waals surface area contributed by atoms with Crippen molar-refractivity contribution in [3.8, 4) is 11.5 Å². The maximum atomic E-state index is 12.5. The highest BCUT2D eigenvalue weighted by molar-refractivity contribution is 7.89. The molecule has 166 valence electrons. The Morgan fingerprint density at radius 1 is 1.13 bits per heavy atom. The van der Waals surface area contributed by atoms with Gasteiger partial charge in [0.2, 0.25) is 10.0 Å². The molecule has 1 saturated carbocycles. The van der Waals surface area contributed by atoms with Crippen molar-refractivity contribution in [1.82, 2.24) is 9.62 Å². The highest BCUT2D eigenvalue weighted by atomic mass is 32.2. The van der Waals surface area contributed by atoms with Crippen molar-refractivity contribution in [2.24, 2.45) is 0 Å². The molecule has 3 aliphatic rings. The van der Waals surface area contributed by atoms with Gasteiger partial charge in [-0.05, 0) is 38.8 Å². The number of rotatable bonds is 5. The summed E-state index contributed by atoms with van der Waals surface area (Å²) in [7, 11) is -3.46. The van der Waals surface area contributed by atoms with Gasteiger partial charge in [0.1, 0.15) is 0 Å². The van der Waals surface area contributed by atoms with Crippen LogP contribution in [0.2, 0.25) is 0 Å². The average molecular weight is 440 g/mol. The molecule has 0 aromatic heterocycles. The zero-order valence-corrected chi connectivity index (χ0v) is 18.2. The lowest BCUT2D eigenvalue weighted by Crippen LogP contribution is -2.49. The normalized spacial score (nSPS) is 25.4. The van der Waals surface area contributed by atoms with E-state index in [1.807, 2.05) is 13.8 Å². The summed E-state index contributed by atoms with van der Waals surface area (Å²) in [5.74, 6) is 0.589.